The van der Waals surface area contributed by atoms with Crippen LogP contribution in [0.4, 0.5) is 4.79 Å². The van der Waals surface area contributed by atoms with Crippen molar-refractivity contribution in [3.05, 3.63) is 71.8 Å². The predicted molar refractivity (Wildman–Crippen MR) is 119 cm³/mol. The first kappa shape index (κ1) is 22.8. The Morgan fingerprint density at radius 2 is 1.58 bits per heavy atom. The number of hydrogen-bond acceptors (Lipinski definition) is 5. The van der Waals surface area contributed by atoms with Crippen molar-refractivity contribution in [2.24, 2.45) is 0 Å². The zero-order valence-electron chi connectivity index (χ0n) is 18.0. The van der Waals surface area contributed by atoms with E-state index in [9.17, 15) is 9.59 Å². The summed E-state index contributed by atoms with van der Waals surface area (Å²) in [5, 5.41) is 5.77. The second-order valence-electron chi connectivity index (χ2n) is 7.77. The number of hydrogen-bond donors (Lipinski definition) is 2. The molecule has 0 radical (unpaired) electrons. The summed E-state index contributed by atoms with van der Waals surface area (Å²) in [5.74, 6) is -0.221. The second kappa shape index (κ2) is 12.1. The van der Waals surface area contributed by atoms with Crippen LogP contribution in [0.3, 0.4) is 0 Å². The number of benzene rings is 2. The van der Waals surface area contributed by atoms with Crippen LogP contribution in [0.5, 0.6) is 0 Å². The summed E-state index contributed by atoms with van der Waals surface area (Å²) in [6, 6.07) is 18.3. The van der Waals surface area contributed by atoms with Crippen LogP contribution in [-0.2, 0) is 27.3 Å². The molecule has 1 aliphatic heterocycles. The number of morpholine rings is 1. The van der Waals surface area contributed by atoms with Gasteiger partial charge in [-0.3, -0.25) is 9.69 Å². The molecule has 1 saturated heterocycles. The van der Waals surface area contributed by atoms with Gasteiger partial charge in [0.2, 0.25) is 5.91 Å². The van der Waals surface area contributed by atoms with Crippen molar-refractivity contribution in [1.29, 1.82) is 0 Å². The minimum absolute atomic E-state index is 0.0500. The van der Waals surface area contributed by atoms with E-state index in [1.165, 1.54) is 0 Å². The topological polar surface area (TPSA) is 79.9 Å². The predicted octanol–water partition coefficient (Wildman–Crippen LogP) is 2.36. The fourth-order valence-corrected chi connectivity index (χ4v) is 3.53. The maximum atomic E-state index is 13.0. The highest BCUT2D eigenvalue weighted by molar-refractivity contribution is 5.86. The Labute approximate surface area is 183 Å². The highest BCUT2D eigenvalue weighted by atomic mass is 16.5. The summed E-state index contributed by atoms with van der Waals surface area (Å²) in [6.07, 6.45) is -0.224. The molecule has 7 nitrogen and oxygen atoms in total. The summed E-state index contributed by atoms with van der Waals surface area (Å²) in [6.45, 7) is 6.01. The van der Waals surface area contributed by atoms with Crippen molar-refractivity contribution < 1.29 is 19.1 Å². The van der Waals surface area contributed by atoms with Crippen molar-refractivity contribution in [1.82, 2.24) is 15.5 Å². The standard InChI is InChI=1S/C24H31N3O4/c1-19(17-27-12-14-30-15-13-27)25-23(28)22(16-20-8-4-2-5-9-20)26-24(29)31-18-21-10-6-3-7-11-21/h2-11,19,22H,12-18H2,1H3,(H,25,28)(H,26,29)/t19?,22-/m0/s1. The first-order chi connectivity index (χ1) is 15.1. The lowest BCUT2D eigenvalue weighted by atomic mass is 10.1. The van der Waals surface area contributed by atoms with Crippen LogP contribution in [0.2, 0.25) is 0 Å². The first-order valence-electron chi connectivity index (χ1n) is 10.7. The van der Waals surface area contributed by atoms with Gasteiger partial charge >= 0.3 is 6.09 Å². The molecule has 166 valence electrons. The maximum absolute atomic E-state index is 13.0. The molecule has 0 aromatic heterocycles. The van der Waals surface area contributed by atoms with Gasteiger partial charge < -0.3 is 20.1 Å². The molecule has 1 unspecified atom stereocenters. The van der Waals surface area contributed by atoms with Gasteiger partial charge in [-0.2, -0.15) is 0 Å². The third-order valence-electron chi connectivity index (χ3n) is 5.13. The number of ether oxygens (including phenoxy) is 2. The Bertz CT molecular complexity index is 810. The van der Waals surface area contributed by atoms with E-state index in [1.807, 2.05) is 67.6 Å². The van der Waals surface area contributed by atoms with E-state index in [-0.39, 0.29) is 18.6 Å². The molecule has 2 atom stereocenters. The molecular formula is C24H31N3O4. The number of nitrogens with one attached hydrogen (secondary N) is 2. The molecule has 1 aliphatic rings. The van der Waals surface area contributed by atoms with Crippen molar-refractivity contribution in [3.63, 3.8) is 0 Å². The van der Waals surface area contributed by atoms with E-state index >= 15 is 0 Å². The highest BCUT2D eigenvalue weighted by Crippen LogP contribution is 2.06. The molecule has 2 aromatic rings. The molecule has 0 spiro atoms. The van der Waals surface area contributed by atoms with E-state index < -0.39 is 12.1 Å². The molecule has 2 amide bonds. The van der Waals surface area contributed by atoms with Crippen LogP contribution < -0.4 is 10.6 Å². The molecule has 2 N–H and O–H groups in total. The van der Waals surface area contributed by atoms with Crippen LogP contribution in [0.1, 0.15) is 18.1 Å². The average molecular weight is 426 g/mol. The van der Waals surface area contributed by atoms with Gasteiger partial charge in [0.05, 0.1) is 13.2 Å². The SMILES string of the molecule is CC(CN1CCOCC1)NC(=O)[C@H](Cc1ccccc1)NC(=O)OCc1ccccc1. The van der Waals surface area contributed by atoms with Crippen LogP contribution in [0, 0.1) is 0 Å². The lowest BCUT2D eigenvalue weighted by molar-refractivity contribution is -0.123. The second-order valence-corrected chi connectivity index (χ2v) is 7.77. The van der Waals surface area contributed by atoms with Gasteiger partial charge in [-0.1, -0.05) is 60.7 Å². The molecular weight excluding hydrogens is 394 g/mol. The zero-order valence-corrected chi connectivity index (χ0v) is 18.0. The molecule has 0 aliphatic carbocycles. The molecule has 3 rings (SSSR count). The molecule has 1 heterocycles. The van der Waals surface area contributed by atoms with Crippen molar-refractivity contribution in [2.75, 3.05) is 32.8 Å². The number of amides is 2. The molecule has 7 heteroatoms. The lowest BCUT2D eigenvalue weighted by Gasteiger charge is -2.30. The Hall–Kier alpha value is -2.90. The summed E-state index contributed by atoms with van der Waals surface area (Å²) in [5.41, 5.74) is 1.85. The monoisotopic (exact) mass is 425 g/mol. The van der Waals surface area contributed by atoms with Gasteiger partial charge in [0.1, 0.15) is 12.6 Å². The van der Waals surface area contributed by atoms with Gasteiger partial charge in [0, 0.05) is 32.1 Å². The van der Waals surface area contributed by atoms with Gasteiger partial charge in [-0.15, -0.1) is 0 Å². The Kier molecular flexibility index (Phi) is 8.87. The fourth-order valence-electron chi connectivity index (χ4n) is 3.53. The van der Waals surface area contributed by atoms with Gasteiger partial charge in [-0.05, 0) is 18.1 Å². The maximum Gasteiger partial charge on any atom is 0.408 e. The van der Waals surface area contributed by atoms with E-state index in [0.29, 0.717) is 19.6 Å². The van der Waals surface area contributed by atoms with Crippen molar-refractivity contribution in [2.45, 2.75) is 32.0 Å². The van der Waals surface area contributed by atoms with E-state index in [1.54, 1.807) is 0 Å². The van der Waals surface area contributed by atoms with Gasteiger partial charge in [0.25, 0.3) is 0 Å². The molecule has 0 saturated carbocycles. The minimum atomic E-state index is -0.724. The van der Waals surface area contributed by atoms with Crippen molar-refractivity contribution >= 4 is 12.0 Å². The number of rotatable bonds is 9. The Balaban J connectivity index is 1.56. The number of nitrogens with zero attached hydrogens (tertiary/aromatic N) is 1. The van der Waals surface area contributed by atoms with E-state index in [4.69, 9.17) is 9.47 Å². The lowest BCUT2D eigenvalue weighted by Crippen LogP contribution is -2.53. The van der Waals surface area contributed by atoms with Gasteiger partial charge in [-0.25, -0.2) is 4.79 Å². The smallest absolute Gasteiger partial charge is 0.408 e. The molecule has 0 bridgehead atoms. The number of carbonyl (C=O) groups excluding carboxylic acids is 2. The third kappa shape index (κ3) is 8.03. The van der Waals surface area contributed by atoms with Crippen LogP contribution in [-0.4, -0.2) is 61.8 Å². The zero-order chi connectivity index (χ0) is 21.9. The third-order valence-corrected chi connectivity index (χ3v) is 5.13. The fraction of sp³-hybridized carbons (Fsp3) is 0.417. The van der Waals surface area contributed by atoms with Gasteiger partial charge in [0.15, 0.2) is 0 Å². The minimum Gasteiger partial charge on any atom is -0.445 e. The van der Waals surface area contributed by atoms with Crippen LogP contribution >= 0.6 is 0 Å². The Morgan fingerprint density at radius 3 is 2.23 bits per heavy atom. The highest BCUT2D eigenvalue weighted by Gasteiger charge is 2.24. The quantitative estimate of drug-likeness (QED) is 0.645. The molecule has 2 aromatic carbocycles. The number of alkyl carbamates (subject to hydrolysis) is 1. The van der Waals surface area contributed by atoms with E-state index in [2.05, 4.69) is 15.5 Å². The first-order valence-corrected chi connectivity index (χ1v) is 10.7. The summed E-state index contributed by atoms with van der Waals surface area (Å²) in [4.78, 5) is 27.6. The Morgan fingerprint density at radius 1 is 0.968 bits per heavy atom. The average Bonchev–Trinajstić information content (AvgIpc) is 2.79. The van der Waals surface area contributed by atoms with Crippen molar-refractivity contribution in [3.8, 4) is 0 Å². The summed E-state index contributed by atoms with van der Waals surface area (Å²) < 4.78 is 10.7. The molecule has 1 fully saturated rings. The van der Waals surface area contributed by atoms with Crippen LogP contribution in [0.25, 0.3) is 0 Å². The summed E-state index contributed by atoms with van der Waals surface area (Å²) >= 11 is 0. The number of carbonyl (C=O) groups is 2. The normalized spacial score (nSPS) is 16.2. The van der Waals surface area contributed by atoms with E-state index in [0.717, 1.165) is 30.8 Å². The molecule has 31 heavy (non-hydrogen) atoms. The summed E-state index contributed by atoms with van der Waals surface area (Å²) in [7, 11) is 0. The largest absolute Gasteiger partial charge is 0.445 e. The van der Waals surface area contributed by atoms with Crippen LogP contribution in [0.15, 0.2) is 60.7 Å².